The van der Waals surface area contributed by atoms with Crippen LogP contribution in [0.5, 0.6) is 11.5 Å². The van der Waals surface area contributed by atoms with Gasteiger partial charge in [0.05, 0.1) is 32.4 Å². The van der Waals surface area contributed by atoms with Crippen molar-refractivity contribution in [3.05, 3.63) is 89.0 Å². The molecular weight excluding hydrogens is 404 g/mol. The second kappa shape index (κ2) is 9.14. The van der Waals surface area contributed by atoms with E-state index in [1.54, 1.807) is 37.3 Å². The number of benzene rings is 3. The molecule has 6 heteroatoms. The van der Waals surface area contributed by atoms with Crippen LogP contribution in [-0.4, -0.2) is 30.9 Å². The fourth-order valence-corrected chi connectivity index (χ4v) is 4.01. The zero-order chi connectivity index (χ0) is 22.7. The van der Waals surface area contributed by atoms with Gasteiger partial charge in [-0.15, -0.1) is 0 Å². The van der Waals surface area contributed by atoms with E-state index in [1.165, 1.54) is 0 Å². The standard InChI is InChI=1S/C26H26N2O4/c1-17-8-10-18(11-9-17)23(28-16-19-6-4-5-7-21(19)26(28)30)15-25(29)27-22-14-20(31-2)12-13-24(22)32-3/h4-14,23H,15-16H2,1-3H3,(H,27,29)/t23-/m1/s1. The van der Waals surface area contributed by atoms with Crippen LogP contribution in [0.15, 0.2) is 66.7 Å². The molecule has 0 radical (unpaired) electrons. The molecule has 0 saturated heterocycles. The van der Waals surface area contributed by atoms with Gasteiger partial charge in [0.15, 0.2) is 0 Å². The number of ether oxygens (including phenoxy) is 2. The van der Waals surface area contributed by atoms with Crippen molar-refractivity contribution in [3.8, 4) is 11.5 Å². The molecule has 0 spiro atoms. The number of fused-ring (bicyclic) bond motifs is 1. The highest BCUT2D eigenvalue weighted by Crippen LogP contribution is 2.35. The Bertz CT molecular complexity index is 1140. The van der Waals surface area contributed by atoms with Crippen molar-refractivity contribution in [2.45, 2.75) is 25.9 Å². The fraction of sp³-hybridized carbons (Fsp3) is 0.231. The van der Waals surface area contributed by atoms with Crippen LogP contribution in [-0.2, 0) is 11.3 Å². The summed E-state index contributed by atoms with van der Waals surface area (Å²) in [4.78, 5) is 28.1. The minimum atomic E-state index is -0.396. The molecule has 0 aliphatic carbocycles. The van der Waals surface area contributed by atoms with Crippen LogP contribution in [0.3, 0.4) is 0 Å². The lowest BCUT2D eigenvalue weighted by Crippen LogP contribution is -2.32. The first-order valence-corrected chi connectivity index (χ1v) is 10.5. The highest BCUT2D eigenvalue weighted by molar-refractivity contribution is 5.99. The Morgan fingerprint density at radius 2 is 1.78 bits per heavy atom. The maximum Gasteiger partial charge on any atom is 0.255 e. The lowest BCUT2D eigenvalue weighted by atomic mass is 10.00. The molecule has 1 heterocycles. The molecule has 2 amide bonds. The first kappa shape index (κ1) is 21.4. The van der Waals surface area contributed by atoms with Gasteiger partial charge in [0, 0.05) is 18.2 Å². The number of aryl methyl sites for hydroxylation is 1. The molecule has 0 saturated carbocycles. The number of nitrogens with zero attached hydrogens (tertiary/aromatic N) is 1. The van der Waals surface area contributed by atoms with Crippen LogP contribution >= 0.6 is 0 Å². The minimum absolute atomic E-state index is 0.0575. The van der Waals surface area contributed by atoms with Crippen molar-refractivity contribution in [2.24, 2.45) is 0 Å². The maximum atomic E-state index is 13.2. The van der Waals surface area contributed by atoms with Crippen LogP contribution in [0.1, 0.15) is 39.5 Å². The average molecular weight is 431 g/mol. The number of rotatable bonds is 7. The van der Waals surface area contributed by atoms with Gasteiger partial charge in [-0.05, 0) is 36.2 Å². The molecule has 0 bridgehead atoms. The number of anilines is 1. The smallest absolute Gasteiger partial charge is 0.255 e. The average Bonchev–Trinajstić information content (AvgIpc) is 3.14. The van der Waals surface area contributed by atoms with E-state index in [4.69, 9.17) is 9.47 Å². The van der Waals surface area contributed by atoms with E-state index in [-0.39, 0.29) is 18.2 Å². The van der Waals surface area contributed by atoms with Crippen molar-refractivity contribution < 1.29 is 19.1 Å². The third kappa shape index (κ3) is 4.30. The molecule has 3 aromatic rings. The summed E-state index contributed by atoms with van der Waals surface area (Å²) >= 11 is 0. The highest BCUT2D eigenvalue weighted by atomic mass is 16.5. The molecule has 0 fully saturated rings. The number of amides is 2. The highest BCUT2D eigenvalue weighted by Gasteiger charge is 2.34. The second-order valence-electron chi connectivity index (χ2n) is 7.84. The van der Waals surface area contributed by atoms with Crippen LogP contribution < -0.4 is 14.8 Å². The van der Waals surface area contributed by atoms with Gasteiger partial charge >= 0.3 is 0 Å². The van der Waals surface area contributed by atoms with E-state index in [0.717, 1.165) is 16.7 Å². The lowest BCUT2D eigenvalue weighted by Gasteiger charge is -2.28. The first-order valence-electron chi connectivity index (χ1n) is 10.5. The van der Waals surface area contributed by atoms with Gasteiger partial charge in [0.25, 0.3) is 5.91 Å². The maximum absolute atomic E-state index is 13.2. The minimum Gasteiger partial charge on any atom is -0.497 e. The summed E-state index contributed by atoms with van der Waals surface area (Å²) in [6.07, 6.45) is 0.114. The second-order valence-corrected chi connectivity index (χ2v) is 7.84. The predicted molar refractivity (Wildman–Crippen MR) is 123 cm³/mol. The normalized spacial score (nSPS) is 13.5. The van der Waals surface area contributed by atoms with E-state index in [9.17, 15) is 9.59 Å². The molecule has 3 aromatic carbocycles. The van der Waals surface area contributed by atoms with Crippen LogP contribution in [0.25, 0.3) is 0 Å². The number of carbonyl (C=O) groups excluding carboxylic acids is 2. The third-order valence-electron chi connectivity index (χ3n) is 5.75. The first-order chi connectivity index (χ1) is 15.5. The van der Waals surface area contributed by atoms with Gasteiger partial charge in [-0.25, -0.2) is 0 Å². The number of methoxy groups -OCH3 is 2. The number of hydrogen-bond acceptors (Lipinski definition) is 4. The van der Waals surface area contributed by atoms with Gasteiger partial charge in [-0.1, -0.05) is 48.0 Å². The molecule has 0 aromatic heterocycles. The summed E-state index contributed by atoms with van der Waals surface area (Å²) in [7, 11) is 3.12. The molecule has 32 heavy (non-hydrogen) atoms. The Kier molecular flexibility index (Phi) is 6.12. The van der Waals surface area contributed by atoms with Gasteiger partial charge in [0.2, 0.25) is 5.91 Å². The number of nitrogens with one attached hydrogen (secondary N) is 1. The van der Waals surface area contributed by atoms with E-state index in [2.05, 4.69) is 5.32 Å². The van der Waals surface area contributed by atoms with Crippen molar-refractivity contribution >= 4 is 17.5 Å². The van der Waals surface area contributed by atoms with Gasteiger partial charge in [-0.2, -0.15) is 0 Å². The molecule has 1 aliphatic heterocycles. The SMILES string of the molecule is COc1ccc(OC)c(NC(=O)C[C@H](c2ccc(C)cc2)N2Cc3ccccc3C2=O)c1. The van der Waals surface area contributed by atoms with Crippen molar-refractivity contribution in [2.75, 3.05) is 19.5 Å². The Balaban J connectivity index is 1.61. The Morgan fingerprint density at radius 3 is 2.47 bits per heavy atom. The van der Waals surface area contributed by atoms with Gasteiger partial charge in [0.1, 0.15) is 11.5 Å². The molecule has 4 rings (SSSR count). The van der Waals surface area contributed by atoms with Crippen molar-refractivity contribution in [1.29, 1.82) is 0 Å². The van der Waals surface area contributed by atoms with E-state index in [0.29, 0.717) is 29.3 Å². The topological polar surface area (TPSA) is 67.9 Å². The van der Waals surface area contributed by atoms with E-state index in [1.807, 2.05) is 55.5 Å². The number of hydrogen-bond donors (Lipinski definition) is 1. The summed E-state index contributed by atoms with van der Waals surface area (Å²) < 4.78 is 10.6. The van der Waals surface area contributed by atoms with Crippen LogP contribution in [0.4, 0.5) is 5.69 Å². The molecule has 1 N–H and O–H groups in total. The molecular formula is C26H26N2O4. The number of carbonyl (C=O) groups is 2. The quantitative estimate of drug-likeness (QED) is 0.588. The van der Waals surface area contributed by atoms with E-state index < -0.39 is 6.04 Å². The Labute approximate surface area is 187 Å². The molecule has 1 aliphatic rings. The summed E-state index contributed by atoms with van der Waals surface area (Å²) in [5.74, 6) is 0.876. The largest absolute Gasteiger partial charge is 0.497 e. The molecule has 6 nitrogen and oxygen atoms in total. The fourth-order valence-electron chi connectivity index (χ4n) is 4.01. The van der Waals surface area contributed by atoms with Crippen molar-refractivity contribution in [1.82, 2.24) is 4.90 Å². The van der Waals surface area contributed by atoms with Gasteiger partial charge in [-0.3, -0.25) is 9.59 Å². The lowest BCUT2D eigenvalue weighted by molar-refractivity contribution is -0.117. The molecule has 164 valence electrons. The summed E-state index contributed by atoms with van der Waals surface area (Å²) in [6, 6.07) is 20.4. The monoisotopic (exact) mass is 430 g/mol. The Hall–Kier alpha value is -3.80. The third-order valence-corrected chi connectivity index (χ3v) is 5.75. The molecule has 1 atom stereocenters. The zero-order valence-electron chi connectivity index (χ0n) is 18.4. The van der Waals surface area contributed by atoms with E-state index >= 15 is 0 Å². The Morgan fingerprint density at radius 1 is 1.03 bits per heavy atom. The summed E-state index contributed by atoms with van der Waals surface area (Å²) in [5.41, 5.74) is 4.23. The molecule has 0 unspecified atom stereocenters. The predicted octanol–water partition coefficient (Wildman–Crippen LogP) is 4.74. The van der Waals surface area contributed by atoms with Crippen LogP contribution in [0, 0.1) is 6.92 Å². The summed E-state index contributed by atoms with van der Waals surface area (Å²) in [6.45, 7) is 2.49. The summed E-state index contributed by atoms with van der Waals surface area (Å²) in [5, 5.41) is 2.93. The van der Waals surface area contributed by atoms with Crippen LogP contribution in [0.2, 0.25) is 0 Å². The van der Waals surface area contributed by atoms with Crippen molar-refractivity contribution in [3.63, 3.8) is 0 Å². The zero-order valence-corrected chi connectivity index (χ0v) is 18.4. The van der Waals surface area contributed by atoms with Gasteiger partial charge < -0.3 is 19.7 Å².